The van der Waals surface area contributed by atoms with Crippen molar-refractivity contribution in [3.05, 3.63) is 94.0 Å². The van der Waals surface area contributed by atoms with Crippen molar-refractivity contribution in [2.75, 3.05) is 7.11 Å². The number of hydrogen-bond donors (Lipinski definition) is 0. The molecule has 0 aliphatic rings. The molecule has 0 atom stereocenters. The van der Waals surface area contributed by atoms with Crippen LogP contribution >= 0.6 is 0 Å². The highest BCUT2D eigenvalue weighted by Gasteiger charge is 2.24. The van der Waals surface area contributed by atoms with E-state index in [1.807, 2.05) is 86.0 Å². The van der Waals surface area contributed by atoms with Gasteiger partial charge in [0.05, 0.1) is 29.5 Å². The second-order valence-electron chi connectivity index (χ2n) is 8.74. The predicted molar refractivity (Wildman–Crippen MR) is 138 cm³/mol. The van der Waals surface area contributed by atoms with E-state index in [1.165, 1.54) is 0 Å². The molecule has 3 aromatic heterocycles. The Bertz CT molecular complexity index is 1830. The van der Waals surface area contributed by atoms with Gasteiger partial charge in [0.25, 0.3) is 5.56 Å². The molecule has 0 saturated carbocycles. The first-order valence-electron chi connectivity index (χ1n) is 11.4. The third kappa shape index (κ3) is 3.19. The van der Waals surface area contributed by atoms with E-state index in [2.05, 4.69) is 6.07 Å². The third-order valence-corrected chi connectivity index (χ3v) is 6.24. The maximum Gasteiger partial charge on any atom is 0.269 e. The molecule has 0 aliphatic heterocycles. The number of benzene rings is 3. The molecule has 0 bridgehead atoms. The highest BCUT2D eigenvalue weighted by atomic mass is 16.5. The van der Waals surface area contributed by atoms with Crippen LogP contribution in [0.5, 0.6) is 5.75 Å². The van der Waals surface area contributed by atoms with E-state index in [9.17, 15) is 4.79 Å². The lowest BCUT2D eigenvalue weighted by molar-refractivity contribution is 0.413. The van der Waals surface area contributed by atoms with Crippen molar-refractivity contribution in [1.29, 1.82) is 0 Å². The zero-order chi connectivity index (χ0) is 24.3. The van der Waals surface area contributed by atoms with Crippen LogP contribution in [0.4, 0.5) is 0 Å². The number of para-hydroxylation sites is 4. The van der Waals surface area contributed by atoms with Gasteiger partial charge in [-0.25, -0.2) is 15.0 Å². The first-order chi connectivity index (χ1) is 17.0. The summed E-state index contributed by atoms with van der Waals surface area (Å²) < 4.78 is 9.19. The van der Waals surface area contributed by atoms with Crippen molar-refractivity contribution in [2.24, 2.45) is 0 Å². The van der Waals surface area contributed by atoms with Gasteiger partial charge in [0, 0.05) is 0 Å². The SMILES string of the molecule is COc1ccccc1-n1c2nc3ccccc3nc2c2c(=O)n(-c3cc(C)cc(C)c3)c(C)nc21. The maximum atomic E-state index is 14.1. The number of aromatic nitrogens is 5. The first-order valence-corrected chi connectivity index (χ1v) is 11.4. The van der Waals surface area contributed by atoms with Gasteiger partial charge in [-0.05, 0) is 68.3 Å². The summed E-state index contributed by atoms with van der Waals surface area (Å²) in [7, 11) is 1.62. The third-order valence-electron chi connectivity index (χ3n) is 6.24. The van der Waals surface area contributed by atoms with Gasteiger partial charge < -0.3 is 4.74 Å². The van der Waals surface area contributed by atoms with Crippen molar-refractivity contribution in [1.82, 2.24) is 24.1 Å². The number of ether oxygens (including phenoxy) is 1. The van der Waals surface area contributed by atoms with E-state index < -0.39 is 0 Å². The average molecular weight is 462 g/mol. The number of rotatable bonds is 3. The second kappa shape index (κ2) is 7.77. The van der Waals surface area contributed by atoms with E-state index in [4.69, 9.17) is 19.7 Å². The lowest BCUT2D eigenvalue weighted by Crippen LogP contribution is -2.22. The normalized spacial score (nSPS) is 11.5. The van der Waals surface area contributed by atoms with Crippen LogP contribution in [0.25, 0.3) is 44.6 Å². The Kier molecular flexibility index (Phi) is 4.67. The van der Waals surface area contributed by atoms with Gasteiger partial charge in [-0.3, -0.25) is 13.9 Å². The van der Waals surface area contributed by atoms with Crippen LogP contribution in [-0.4, -0.2) is 31.2 Å². The highest BCUT2D eigenvalue weighted by Crippen LogP contribution is 2.33. The predicted octanol–water partition coefficient (Wildman–Crippen LogP) is 5.21. The number of fused-ring (bicyclic) bond motifs is 4. The lowest BCUT2D eigenvalue weighted by Gasteiger charge is -2.13. The number of nitrogens with zero attached hydrogens (tertiary/aromatic N) is 5. The highest BCUT2D eigenvalue weighted by molar-refractivity contribution is 6.06. The van der Waals surface area contributed by atoms with Crippen molar-refractivity contribution in [3.63, 3.8) is 0 Å². The Morgan fingerprint density at radius 3 is 2.11 bits per heavy atom. The minimum Gasteiger partial charge on any atom is -0.495 e. The van der Waals surface area contributed by atoms with E-state index in [-0.39, 0.29) is 5.56 Å². The van der Waals surface area contributed by atoms with E-state index in [0.29, 0.717) is 33.8 Å². The fraction of sp³-hybridized carbons (Fsp3) is 0.143. The van der Waals surface area contributed by atoms with Gasteiger partial charge in [-0.1, -0.05) is 30.3 Å². The molecule has 7 heteroatoms. The zero-order valence-electron chi connectivity index (χ0n) is 19.9. The van der Waals surface area contributed by atoms with Crippen molar-refractivity contribution in [2.45, 2.75) is 20.8 Å². The zero-order valence-corrected chi connectivity index (χ0v) is 19.9. The standard InChI is InChI=1S/C28H23N5O2/c1-16-13-17(2)15-19(14-16)32-18(3)29-26-24(28(32)34)25-27(31-21-10-6-5-9-20(21)30-25)33(26)22-11-7-8-12-23(22)35-4/h5-15H,1-4H3. The molecule has 0 fully saturated rings. The van der Waals surface area contributed by atoms with Crippen LogP contribution in [0, 0.1) is 20.8 Å². The molecule has 0 radical (unpaired) electrons. The Labute approximate surface area is 201 Å². The number of aryl methyl sites for hydroxylation is 3. The summed E-state index contributed by atoms with van der Waals surface area (Å²) in [5.74, 6) is 1.23. The monoisotopic (exact) mass is 461 g/mol. The molecule has 172 valence electrons. The quantitative estimate of drug-likeness (QED) is 0.362. The van der Waals surface area contributed by atoms with Crippen LogP contribution in [0.3, 0.4) is 0 Å². The molecule has 6 aromatic rings. The number of hydrogen-bond acceptors (Lipinski definition) is 5. The molecule has 6 rings (SSSR count). The summed E-state index contributed by atoms with van der Waals surface area (Å²) in [6.07, 6.45) is 0. The smallest absolute Gasteiger partial charge is 0.269 e. The van der Waals surface area contributed by atoms with Crippen LogP contribution < -0.4 is 10.3 Å². The van der Waals surface area contributed by atoms with Gasteiger partial charge in [-0.15, -0.1) is 0 Å². The molecule has 0 saturated heterocycles. The molecule has 3 aromatic carbocycles. The maximum absolute atomic E-state index is 14.1. The Morgan fingerprint density at radius 2 is 1.40 bits per heavy atom. The summed E-state index contributed by atoms with van der Waals surface area (Å²) in [6.45, 7) is 5.89. The average Bonchev–Trinajstić information content (AvgIpc) is 3.14. The molecule has 0 spiro atoms. The topological polar surface area (TPSA) is 74.8 Å². The molecule has 35 heavy (non-hydrogen) atoms. The summed E-state index contributed by atoms with van der Waals surface area (Å²) >= 11 is 0. The van der Waals surface area contributed by atoms with Gasteiger partial charge >= 0.3 is 0 Å². The van der Waals surface area contributed by atoms with Crippen molar-refractivity contribution >= 4 is 33.2 Å². The molecular formula is C28H23N5O2. The Balaban J connectivity index is 1.83. The van der Waals surface area contributed by atoms with Crippen LogP contribution in [0.1, 0.15) is 17.0 Å². The summed E-state index contributed by atoms with van der Waals surface area (Å²) in [6, 6.07) is 21.4. The molecular weight excluding hydrogens is 438 g/mol. The molecule has 0 amide bonds. The Hall–Kier alpha value is -4.52. The fourth-order valence-corrected chi connectivity index (χ4v) is 4.82. The second-order valence-corrected chi connectivity index (χ2v) is 8.74. The van der Waals surface area contributed by atoms with Crippen LogP contribution in [-0.2, 0) is 0 Å². The van der Waals surface area contributed by atoms with E-state index in [0.717, 1.165) is 33.5 Å². The minimum atomic E-state index is -0.180. The number of methoxy groups -OCH3 is 1. The summed E-state index contributed by atoms with van der Waals surface area (Å²) in [5, 5.41) is 0.425. The molecule has 0 aliphatic carbocycles. The van der Waals surface area contributed by atoms with Gasteiger partial charge in [-0.2, -0.15) is 0 Å². The van der Waals surface area contributed by atoms with E-state index in [1.54, 1.807) is 11.7 Å². The van der Waals surface area contributed by atoms with Crippen LogP contribution in [0.15, 0.2) is 71.5 Å². The Morgan fingerprint density at radius 1 is 0.743 bits per heavy atom. The minimum absolute atomic E-state index is 0.180. The molecule has 7 nitrogen and oxygen atoms in total. The van der Waals surface area contributed by atoms with Gasteiger partial charge in [0.1, 0.15) is 22.5 Å². The molecule has 0 unspecified atom stereocenters. The lowest BCUT2D eigenvalue weighted by atomic mass is 10.1. The van der Waals surface area contributed by atoms with Crippen molar-refractivity contribution in [3.8, 4) is 17.1 Å². The van der Waals surface area contributed by atoms with E-state index >= 15 is 0 Å². The molecule has 3 heterocycles. The van der Waals surface area contributed by atoms with Gasteiger partial charge in [0.15, 0.2) is 11.3 Å². The summed E-state index contributed by atoms with van der Waals surface area (Å²) in [4.78, 5) is 28.9. The van der Waals surface area contributed by atoms with Gasteiger partial charge in [0.2, 0.25) is 0 Å². The van der Waals surface area contributed by atoms with Crippen molar-refractivity contribution < 1.29 is 4.74 Å². The molecule has 0 N–H and O–H groups in total. The largest absolute Gasteiger partial charge is 0.495 e. The first kappa shape index (κ1) is 21.0. The fourth-order valence-electron chi connectivity index (χ4n) is 4.82. The van der Waals surface area contributed by atoms with Crippen LogP contribution in [0.2, 0.25) is 0 Å². The summed E-state index contributed by atoms with van der Waals surface area (Å²) in [5.41, 5.74) is 6.54.